The molecule has 0 saturated heterocycles. The van der Waals surface area contributed by atoms with Crippen molar-refractivity contribution in [1.82, 2.24) is 10.3 Å². The van der Waals surface area contributed by atoms with Crippen molar-refractivity contribution in [3.63, 3.8) is 0 Å². The third-order valence-electron chi connectivity index (χ3n) is 7.14. The summed E-state index contributed by atoms with van der Waals surface area (Å²) in [5.74, 6) is -1.30. The topological polar surface area (TPSA) is 82.2 Å². The van der Waals surface area contributed by atoms with Crippen LogP contribution in [0.4, 0.5) is 4.39 Å². The van der Waals surface area contributed by atoms with E-state index in [9.17, 15) is 14.0 Å². The molecule has 2 aromatic carbocycles. The molecule has 5 nitrogen and oxygen atoms in total. The van der Waals surface area contributed by atoms with Gasteiger partial charge in [-0.15, -0.1) is 0 Å². The number of H-pyrrole nitrogens is 1. The average Bonchev–Trinajstić information content (AvgIpc) is 3.31. The van der Waals surface area contributed by atoms with Crippen molar-refractivity contribution in [3.05, 3.63) is 93.4 Å². The third kappa shape index (κ3) is 7.82. The first-order valence-corrected chi connectivity index (χ1v) is 13.9. The molecule has 0 fully saturated rings. The van der Waals surface area contributed by atoms with Crippen molar-refractivity contribution in [2.45, 2.75) is 65.7 Å². The van der Waals surface area contributed by atoms with Crippen molar-refractivity contribution in [1.29, 1.82) is 0 Å². The molecule has 0 bridgehead atoms. The van der Waals surface area contributed by atoms with Crippen LogP contribution < -0.4 is 5.32 Å². The number of nitrogens with one attached hydrogen (secondary N) is 2. The number of allylic oxidation sites excluding steroid dienone is 3. The number of rotatable bonds is 13. The van der Waals surface area contributed by atoms with E-state index in [4.69, 9.17) is 16.7 Å². The number of amides is 1. The molecule has 3 rings (SSSR count). The number of carbonyl (C=O) groups is 2. The second-order valence-electron chi connectivity index (χ2n) is 10.0. The summed E-state index contributed by atoms with van der Waals surface area (Å²) in [6.07, 6.45) is 8.60. The molecule has 208 valence electrons. The minimum absolute atomic E-state index is 0.0203. The summed E-state index contributed by atoms with van der Waals surface area (Å²) in [5, 5.41) is 13.2. The molecule has 2 atom stereocenters. The smallest absolute Gasteiger partial charge is 0.303 e. The highest BCUT2D eigenvalue weighted by atomic mass is 35.5. The second kappa shape index (κ2) is 14.1. The number of carbonyl (C=O) groups excluding carboxylic acids is 1. The van der Waals surface area contributed by atoms with Crippen LogP contribution >= 0.6 is 11.6 Å². The van der Waals surface area contributed by atoms with Crippen molar-refractivity contribution in [2.24, 2.45) is 5.92 Å². The van der Waals surface area contributed by atoms with Gasteiger partial charge in [0.05, 0.1) is 5.52 Å². The summed E-state index contributed by atoms with van der Waals surface area (Å²) in [6.45, 7) is 8.37. The van der Waals surface area contributed by atoms with Crippen molar-refractivity contribution in [2.75, 3.05) is 6.54 Å². The zero-order valence-corrected chi connectivity index (χ0v) is 23.9. The Labute approximate surface area is 235 Å². The molecule has 0 unspecified atom stereocenters. The lowest BCUT2D eigenvalue weighted by atomic mass is 9.75. The van der Waals surface area contributed by atoms with Crippen molar-refractivity contribution in [3.8, 4) is 0 Å². The first-order chi connectivity index (χ1) is 18.7. The fraction of sp³-hybridized carbons (Fsp3) is 0.375. The molecule has 3 aromatic rings. The van der Waals surface area contributed by atoms with E-state index in [0.717, 1.165) is 40.5 Å². The van der Waals surface area contributed by atoms with Gasteiger partial charge in [0.2, 0.25) is 5.91 Å². The van der Waals surface area contributed by atoms with Gasteiger partial charge in [0.1, 0.15) is 5.82 Å². The number of hydrogen-bond acceptors (Lipinski definition) is 2. The molecule has 3 N–H and O–H groups in total. The average molecular weight is 553 g/mol. The summed E-state index contributed by atoms with van der Waals surface area (Å²) in [6, 6.07) is 11.4. The minimum atomic E-state index is -0.876. The molecule has 1 aromatic heterocycles. The molecule has 1 heterocycles. The molecule has 0 aliphatic rings. The number of hydrogen-bond donors (Lipinski definition) is 3. The molecule has 0 saturated carbocycles. The predicted octanol–water partition coefficient (Wildman–Crippen LogP) is 8.08. The van der Waals surface area contributed by atoms with Gasteiger partial charge < -0.3 is 15.4 Å². The maximum absolute atomic E-state index is 14.8. The van der Waals surface area contributed by atoms with Crippen LogP contribution in [0, 0.1) is 18.7 Å². The van der Waals surface area contributed by atoms with E-state index in [2.05, 4.69) is 24.1 Å². The molecule has 0 aliphatic carbocycles. The van der Waals surface area contributed by atoms with Crippen LogP contribution in [0.2, 0.25) is 5.02 Å². The Bertz CT molecular complexity index is 1360. The molecular weight excluding hydrogens is 515 g/mol. The van der Waals surface area contributed by atoms with Gasteiger partial charge in [-0.05, 0) is 80.0 Å². The fourth-order valence-electron chi connectivity index (χ4n) is 5.13. The van der Waals surface area contributed by atoms with Gasteiger partial charge in [0.25, 0.3) is 0 Å². The van der Waals surface area contributed by atoms with E-state index in [1.54, 1.807) is 6.07 Å². The van der Waals surface area contributed by atoms with Crippen LogP contribution in [-0.4, -0.2) is 28.5 Å². The standard InChI is InChI=1S/C32H38ClFN2O3/c1-5-8-25(21(4)10-11-22(6-2)32(39)35-16-7-9-29(37)38)30(23-12-14-24(33)15-13-23)27-19-36-31-26(27)17-20(3)18-28(31)34/h10-15,17-19,25,30,36H,5-9,16H2,1-4H3,(H,35,39)(H,37,38)/b21-10+,22-11+/t25-,30+/m1/s1. The Morgan fingerprint density at radius 2 is 1.87 bits per heavy atom. The number of benzene rings is 2. The van der Waals surface area contributed by atoms with Gasteiger partial charge >= 0.3 is 5.97 Å². The minimum Gasteiger partial charge on any atom is -0.481 e. The van der Waals surface area contributed by atoms with Gasteiger partial charge in [-0.1, -0.05) is 61.7 Å². The lowest BCUT2D eigenvalue weighted by molar-refractivity contribution is -0.137. The van der Waals surface area contributed by atoms with Crippen LogP contribution in [0.3, 0.4) is 0 Å². The lowest BCUT2D eigenvalue weighted by Gasteiger charge is -2.29. The van der Waals surface area contributed by atoms with E-state index < -0.39 is 5.97 Å². The van der Waals surface area contributed by atoms with Crippen molar-refractivity contribution >= 4 is 34.4 Å². The Morgan fingerprint density at radius 1 is 1.15 bits per heavy atom. The molecule has 0 radical (unpaired) electrons. The quantitative estimate of drug-likeness (QED) is 0.114. The number of fused-ring (bicyclic) bond motifs is 1. The number of aromatic amines is 1. The van der Waals surface area contributed by atoms with Crippen LogP contribution in [0.15, 0.2) is 65.9 Å². The van der Waals surface area contributed by atoms with Gasteiger partial charge in [0, 0.05) is 41.1 Å². The second-order valence-corrected chi connectivity index (χ2v) is 10.5. The van der Waals surface area contributed by atoms with E-state index in [1.165, 1.54) is 0 Å². The van der Waals surface area contributed by atoms with Crippen molar-refractivity contribution < 1.29 is 19.1 Å². The number of carboxylic acid groups (broad SMARTS) is 1. The highest BCUT2D eigenvalue weighted by Crippen LogP contribution is 2.42. The zero-order chi connectivity index (χ0) is 28.5. The summed E-state index contributed by atoms with van der Waals surface area (Å²) in [4.78, 5) is 26.6. The van der Waals surface area contributed by atoms with Crippen LogP contribution in [0.25, 0.3) is 10.9 Å². The van der Waals surface area contributed by atoms with Gasteiger partial charge in [-0.25, -0.2) is 4.39 Å². The first kappa shape index (κ1) is 30.2. The molecule has 0 spiro atoms. The van der Waals surface area contributed by atoms with Gasteiger partial charge in [-0.2, -0.15) is 0 Å². The Hall–Kier alpha value is -3.38. The normalized spacial score (nSPS) is 13.9. The Balaban J connectivity index is 2.02. The summed E-state index contributed by atoms with van der Waals surface area (Å²) in [7, 11) is 0. The number of aliphatic carboxylic acids is 1. The maximum atomic E-state index is 14.8. The van der Waals surface area contributed by atoms with Crippen LogP contribution in [-0.2, 0) is 9.59 Å². The predicted molar refractivity (Wildman–Crippen MR) is 157 cm³/mol. The van der Waals surface area contributed by atoms with Gasteiger partial charge in [0.15, 0.2) is 0 Å². The summed E-state index contributed by atoms with van der Waals surface area (Å²) >= 11 is 6.23. The zero-order valence-electron chi connectivity index (χ0n) is 23.1. The number of aromatic nitrogens is 1. The maximum Gasteiger partial charge on any atom is 0.303 e. The summed E-state index contributed by atoms with van der Waals surface area (Å²) in [5.41, 5.74) is 5.22. The molecular formula is C32H38ClFN2O3. The Kier molecular flexibility index (Phi) is 10.9. The number of aryl methyl sites for hydroxylation is 1. The Morgan fingerprint density at radius 3 is 2.51 bits per heavy atom. The number of carboxylic acids is 1. The first-order valence-electron chi connectivity index (χ1n) is 13.6. The third-order valence-corrected chi connectivity index (χ3v) is 7.39. The lowest BCUT2D eigenvalue weighted by Crippen LogP contribution is -2.26. The van der Waals surface area contributed by atoms with E-state index in [0.29, 0.717) is 35.5 Å². The fourth-order valence-corrected chi connectivity index (χ4v) is 5.26. The van der Waals surface area contributed by atoms with Crippen LogP contribution in [0.1, 0.15) is 75.5 Å². The van der Waals surface area contributed by atoms with Gasteiger partial charge in [-0.3, -0.25) is 9.59 Å². The summed E-state index contributed by atoms with van der Waals surface area (Å²) < 4.78 is 14.8. The SMILES string of the molecule is CCC[C@H](/C(C)=C/C=C(\CC)C(=O)NCCCC(=O)O)[C@H](c1ccc(Cl)cc1)c1c[nH]c2c(F)cc(C)cc12. The molecule has 0 aliphatic heterocycles. The van der Waals surface area contributed by atoms with E-state index in [1.807, 2.05) is 62.5 Å². The van der Waals surface area contributed by atoms with E-state index >= 15 is 0 Å². The highest BCUT2D eigenvalue weighted by Gasteiger charge is 2.28. The van der Waals surface area contributed by atoms with Crippen LogP contribution in [0.5, 0.6) is 0 Å². The molecule has 7 heteroatoms. The van der Waals surface area contributed by atoms with E-state index in [-0.39, 0.29) is 30.0 Å². The number of halogens is 2. The molecule has 1 amide bonds. The molecule has 39 heavy (non-hydrogen) atoms. The highest BCUT2D eigenvalue weighted by molar-refractivity contribution is 6.30. The monoisotopic (exact) mass is 552 g/mol. The largest absolute Gasteiger partial charge is 0.481 e.